The van der Waals surface area contributed by atoms with Gasteiger partial charge in [-0.05, 0) is 32.0 Å². The van der Waals surface area contributed by atoms with Crippen molar-refractivity contribution in [3.63, 3.8) is 0 Å². The molecule has 0 saturated carbocycles. The molecule has 29 heavy (non-hydrogen) atoms. The van der Waals surface area contributed by atoms with Crippen molar-refractivity contribution in [2.45, 2.75) is 32.9 Å². The Morgan fingerprint density at radius 2 is 1.83 bits per heavy atom. The highest BCUT2D eigenvalue weighted by Gasteiger charge is 2.24. The van der Waals surface area contributed by atoms with Crippen LogP contribution < -0.4 is 10.1 Å². The van der Waals surface area contributed by atoms with E-state index in [1.165, 1.54) is 18.1 Å². The molecule has 2 amide bonds. The van der Waals surface area contributed by atoms with Crippen molar-refractivity contribution in [1.82, 2.24) is 4.90 Å². The number of nitrogens with one attached hydrogen (secondary N) is 1. The zero-order valence-electron chi connectivity index (χ0n) is 17.0. The minimum atomic E-state index is -0.467. The van der Waals surface area contributed by atoms with Crippen molar-refractivity contribution in [1.29, 1.82) is 0 Å². The molecule has 0 unspecified atom stereocenters. The summed E-state index contributed by atoms with van der Waals surface area (Å²) in [5.41, 5.74) is 0.878. The Kier molecular flexibility index (Phi) is 8.61. The lowest BCUT2D eigenvalue weighted by Gasteiger charge is -2.29. The summed E-state index contributed by atoms with van der Waals surface area (Å²) >= 11 is 0. The van der Waals surface area contributed by atoms with Crippen LogP contribution in [0.2, 0.25) is 0 Å². The molecule has 2 rings (SSSR count). The molecule has 0 aliphatic carbocycles. The predicted molar refractivity (Wildman–Crippen MR) is 109 cm³/mol. The van der Waals surface area contributed by atoms with Gasteiger partial charge < -0.3 is 19.7 Å². The summed E-state index contributed by atoms with van der Waals surface area (Å²) in [5, 5.41) is 2.71. The van der Waals surface area contributed by atoms with E-state index in [1.807, 2.05) is 6.92 Å². The first kappa shape index (κ1) is 22.4. The molecule has 0 saturated heterocycles. The van der Waals surface area contributed by atoms with E-state index in [-0.39, 0.29) is 25.6 Å². The third kappa shape index (κ3) is 6.57. The van der Waals surface area contributed by atoms with Gasteiger partial charge in [-0.3, -0.25) is 9.59 Å². The lowest BCUT2D eigenvalue weighted by atomic mass is 10.1. The van der Waals surface area contributed by atoms with Crippen LogP contribution in [0.3, 0.4) is 0 Å². The second-order valence-corrected chi connectivity index (χ2v) is 6.57. The van der Waals surface area contributed by atoms with E-state index in [0.717, 1.165) is 0 Å². The number of rotatable bonds is 10. The summed E-state index contributed by atoms with van der Waals surface area (Å²) in [4.78, 5) is 26.8. The summed E-state index contributed by atoms with van der Waals surface area (Å²) in [6, 6.07) is 13.0. The van der Waals surface area contributed by atoms with Gasteiger partial charge in [0, 0.05) is 19.2 Å². The van der Waals surface area contributed by atoms with E-state index in [9.17, 15) is 14.0 Å². The minimum Gasteiger partial charge on any atom is -0.492 e. The van der Waals surface area contributed by atoms with Gasteiger partial charge in [0.2, 0.25) is 11.8 Å². The van der Waals surface area contributed by atoms with Gasteiger partial charge in [-0.25, -0.2) is 4.39 Å². The SMILES string of the molecule is CCOc1ccccc1NC(=O)CC(=O)N(Cc1ccccc1F)[C@H](C)COC. The van der Waals surface area contributed by atoms with Crippen molar-refractivity contribution < 1.29 is 23.5 Å². The van der Waals surface area contributed by atoms with E-state index < -0.39 is 17.6 Å². The molecule has 0 radical (unpaired) electrons. The number of benzene rings is 2. The van der Waals surface area contributed by atoms with Crippen LogP contribution in [-0.2, 0) is 20.9 Å². The van der Waals surface area contributed by atoms with E-state index in [2.05, 4.69) is 5.32 Å². The summed E-state index contributed by atoms with van der Waals surface area (Å²) < 4.78 is 24.7. The van der Waals surface area contributed by atoms with Gasteiger partial charge in [-0.1, -0.05) is 30.3 Å². The smallest absolute Gasteiger partial charge is 0.233 e. The molecule has 6 nitrogen and oxygen atoms in total. The zero-order chi connectivity index (χ0) is 21.2. The first-order chi connectivity index (χ1) is 14.0. The lowest BCUT2D eigenvalue weighted by Crippen LogP contribution is -2.42. The molecular weight excluding hydrogens is 375 g/mol. The third-order valence-corrected chi connectivity index (χ3v) is 4.33. The third-order valence-electron chi connectivity index (χ3n) is 4.33. The van der Waals surface area contributed by atoms with Crippen LogP contribution in [0.5, 0.6) is 5.75 Å². The fourth-order valence-electron chi connectivity index (χ4n) is 2.92. The number of amides is 2. The summed E-state index contributed by atoms with van der Waals surface area (Å²) in [6.07, 6.45) is -0.372. The van der Waals surface area contributed by atoms with Crippen LogP contribution in [0, 0.1) is 5.82 Å². The molecule has 0 aromatic heterocycles. The van der Waals surface area contributed by atoms with Crippen LogP contribution >= 0.6 is 0 Å². The monoisotopic (exact) mass is 402 g/mol. The molecule has 2 aromatic rings. The van der Waals surface area contributed by atoms with Gasteiger partial charge >= 0.3 is 0 Å². The number of nitrogens with zero attached hydrogens (tertiary/aromatic N) is 1. The maximum absolute atomic E-state index is 14.1. The molecule has 2 aromatic carbocycles. The largest absolute Gasteiger partial charge is 0.492 e. The zero-order valence-corrected chi connectivity index (χ0v) is 17.0. The number of hydrogen-bond donors (Lipinski definition) is 1. The Labute approximate surface area is 170 Å². The predicted octanol–water partition coefficient (Wildman–Crippen LogP) is 3.62. The van der Waals surface area contributed by atoms with Crippen LogP contribution in [0.15, 0.2) is 48.5 Å². The Morgan fingerprint density at radius 1 is 1.14 bits per heavy atom. The Balaban J connectivity index is 2.10. The number of methoxy groups -OCH3 is 1. The van der Waals surface area contributed by atoms with Crippen molar-refractivity contribution in [2.75, 3.05) is 25.6 Å². The van der Waals surface area contributed by atoms with Crippen molar-refractivity contribution in [3.05, 3.63) is 59.9 Å². The Bertz CT molecular complexity index is 828. The second-order valence-electron chi connectivity index (χ2n) is 6.57. The Hall–Kier alpha value is -2.93. The average Bonchev–Trinajstić information content (AvgIpc) is 2.69. The van der Waals surface area contributed by atoms with Gasteiger partial charge in [0.25, 0.3) is 0 Å². The van der Waals surface area contributed by atoms with E-state index in [4.69, 9.17) is 9.47 Å². The highest BCUT2D eigenvalue weighted by Crippen LogP contribution is 2.24. The van der Waals surface area contributed by atoms with Crippen molar-refractivity contribution in [2.24, 2.45) is 0 Å². The highest BCUT2D eigenvalue weighted by molar-refractivity contribution is 6.04. The molecule has 0 fully saturated rings. The van der Waals surface area contributed by atoms with Gasteiger partial charge in [-0.2, -0.15) is 0 Å². The quantitative estimate of drug-likeness (QED) is 0.617. The van der Waals surface area contributed by atoms with Crippen LogP contribution in [0.4, 0.5) is 10.1 Å². The Morgan fingerprint density at radius 3 is 2.52 bits per heavy atom. The fourth-order valence-corrected chi connectivity index (χ4v) is 2.92. The molecule has 1 atom stereocenters. The van der Waals surface area contributed by atoms with Crippen molar-refractivity contribution >= 4 is 17.5 Å². The maximum atomic E-state index is 14.1. The number of para-hydroxylation sites is 2. The number of carbonyl (C=O) groups is 2. The molecule has 0 aliphatic heterocycles. The normalized spacial score (nSPS) is 11.6. The van der Waals surface area contributed by atoms with E-state index >= 15 is 0 Å². The summed E-state index contributed by atoms with van der Waals surface area (Å²) in [6.45, 7) is 4.43. The standard InChI is InChI=1S/C22H27FN2O4/c1-4-29-20-12-8-7-11-19(20)24-21(26)13-22(27)25(16(2)15-28-3)14-17-9-5-6-10-18(17)23/h5-12,16H,4,13-15H2,1-3H3,(H,24,26)/t16-/m1/s1. The molecule has 0 aliphatic rings. The second kappa shape index (κ2) is 11.2. The molecule has 7 heteroatoms. The van der Waals surface area contributed by atoms with Crippen molar-refractivity contribution in [3.8, 4) is 5.75 Å². The molecule has 0 bridgehead atoms. The van der Waals surface area contributed by atoms with Gasteiger partial charge in [0.1, 0.15) is 18.0 Å². The minimum absolute atomic E-state index is 0.0544. The molecule has 0 heterocycles. The number of halogens is 1. The fraction of sp³-hybridized carbons (Fsp3) is 0.364. The van der Waals surface area contributed by atoms with E-state index in [1.54, 1.807) is 49.4 Å². The first-order valence-electron chi connectivity index (χ1n) is 9.49. The average molecular weight is 402 g/mol. The lowest BCUT2D eigenvalue weighted by molar-refractivity contribution is -0.137. The van der Waals surface area contributed by atoms with Crippen LogP contribution in [0.1, 0.15) is 25.8 Å². The van der Waals surface area contributed by atoms with Gasteiger partial charge in [0.05, 0.1) is 24.9 Å². The van der Waals surface area contributed by atoms with E-state index in [0.29, 0.717) is 23.6 Å². The molecular formula is C22H27FN2O4. The van der Waals surface area contributed by atoms with Crippen LogP contribution in [-0.4, -0.2) is 43.1 Å². The maximum Gasteiger partial charge on any atom is 0.233 e. The number of anilines is 1. The number of ether oxygens (including phenoxy) is 2. The first-order valence-corrected chi connectivity index (χ1v) is 9.49. The summed E-state index contributed by atoms with van der Waals surface area (Å²) in [7, 11) is 1.53. The highest BCUT2D eigenvalue weighted by atomic mass is 19.1. The summed E-state index contributed by atoms with van der Waals surface area (Å²) in [5.74, 6) is -0.744. The molecule has 1 N–H and O–H groups in total. The topological polar surface area (TPSA) is 67.9 Å². The van der Waals surface area contributed by atoms with Gasteiger partial charge in [0.15, 0.2) is 0 Å². The molecule has 0 spiro atoms. The molecule has 156 valence electrons. The number of carbonyl (C=O) groups excluding carboxylic acids is 2. The number of hydrogen-bond acceptors (Lipinski definition) is 4. The van der Waals surface area contributed by atoms with Crippen LogP contribution in [0.25, 0.3) is 0 Å². The van der Waals surface area contributed by atoms with Gasteiger partial charge in [-0.15, -0.1) is 0 Å².